The summed E-state index contributed by atoms with van der Waals surface area (Å²) in [5, 5.41) is 0. The molecule has 0 bridgehead atoms. The van der Waals surface area contributed by atoms with E-state index in [4.69, 9.17) is 14.5 Å². The van der Waals surface area contributed by atoms with Gasteiger partial charge in [0.2, 0.25) is 0 Å². The number of hydrogen-bond donors (Lipinski definition) is 0. The maximum atomic E-state index is 11.9. The molecule has 32 heavy (non-hydrogen) atoms. The maximum Gasteiger partial charge on any atom is 0.313 e. The van der Waals surface area contributed by atoms with Crippen LogP contribution in [0.15, 0.2) is 36.1 Å². The van der Waals surface area contributed by atoms with Crippen molar-refractivity contribution in [2.75, 3.05) is 13.2 Å². The third kappa shape index (κ3) is 16.1. The fourth-order valence-corrected chi connectivity index (χ4v) is 4.04. The molecule has 0 aromatic rings. The standard InChI is InChI=1S/C28H48O4/c1-3-5-6-7-8-9-10-11-12-13-14-15-16-17-18-19-21-26-22-20-24-31-32-27(26)25-28(29)30-23-4-2/h4,20,22H,2-3,5-19,21,23-25H2,1H3. The highest BCUT2D eigenvalue weighted by Gasteiger charge is 2.15. The molecule has 0 aromatic heterocycles. The predicted octanol–water partition coefficient (Wildman–Crippen LogP) is 8.53. The van der Waals surface area contributed by atoms with Gasteiger partial charge in [-0.2, -0.15) is 4.89 Å². The quantitative estimate of drug-likeness (QED) is 0.0763. The predicted molar refractivity (Wildman–Crippen MR) is 133 cm³/mol. The van der Waals surface area contributed by atoms with Crippen LogP contribution in [0.2, 0.25) is 0 Å². The molecular formula is C28H48O4. The summed E-state index contributed by atoms with van der Waals surface area (Å²) < 4.78 is 5.07. The molecular weight excluding hydrogens is 400 g/mol. The summed E-state index contributed by atoms with van der Waals surface area (Å²) in [5.74, 6) is 0.261. The number of ether oxygens (including phenoxy) is 1. The highest BCUT2D eigenvalue weighted by atomic mass is 17.2. The summed E-state index contributed by atoms with van der Waals surface area (Å²) in [6.45, 7) is 6.46. The normalized spacial score (nSPS) is 13.7. The molecule has 184 valence electrons. The van der Waals surface area contributed by atoms with Crippen LogP contribution in [0.1, 0.15) is 122 Å². The topological polar surface area (TPSA) is 44.8 Å². The Balaban J connectivity index is 2.02. The lowest BCUT2D eigenvalue weighted by Crippen LogP contribution is -2.08. The van der Waals surface area contributed by atoms with Crippen LogP contribution in [0.5, 0.6) is 0 Å². The molecule has 0 spiro atoms. The van der Waals surface area contributed by atoms with Gasteiger partial charge in [-0.3, -0.25) is 4.79 Å². The third-order valence-electron chi connectivity index (χ3n) is 5.97. The zero-order valence-electron chi connectivity index (χ0n) is 20.7. The molecule has 4 heteroatoms. The van der Waals surface area contributed by atoms with E-state index in [1.165, 1.54) is 96.3 Å². The lowest BCUT2D eigenvalue weighted by atomic mass is 10.0. The van der Waals surface area contributed by atoms with Crippen molar-refractivity contribution in [3.05, 3.63) is 36.1 Å². The van der Waals surface area contributed by atoms with Crippen molar-refractivity contribution in [2.45, 2.75) is 122 Å². The molecule has 1 rings (SSSR count). The van der Waals surface area contributed by atoms with E-state index in [-0.39, 0.29) is 19.0 Å². The van der Waals surface area contributed by atoms with Crippen molar-refractivity contribution < 1.29 is 19.3 Å². The Hall–Kier alpha value is -1.55. The van der Waals surface area contributed by atoms with Gasteiger partial charge in [0.15, 0.2) is 5.76 Å². The maximum absolute atomic E-state index is 11.9. The Kier molecular flexibility index (Phi) is 19.0. The largest absolute Gasteiger partial charge is 0.461 e. The van der Waals surface area contributed by atoms with Gasteiger partial charge in [-0.05, 0) is 18.4 Å². The second kappa shape index (κ2) is 21.3. The molecule has 0 aromatic carbocycles. The van der Waals surface area contributed by atoms with Crippen LogP contribution in [-0.4, -0.2) is 19.2 Å². The van der Waals surface area contributed by atoms with E-state index in [2.05, 4.69) is 13.5 Å². The number of carbonyl (C=O) groups excluding carboxylic acids is 1. The van der Waals surface area contributed by atoms with Gasteiger partial charge in [0.1, 0.15) is 19.6 Å². The highest BCUT2D eigenvalue weighted by Crippen LogP contribution is 2.22. The molecule has 4 nitrogen and oxygen atoms in total. The van der Waals surface area contributed by atoms with E-state index >= 15 is 0 Å². The Labute approximate surface area is 197 Å². The van der Waals surface area contributed by atoms with Crippen LogP contribution < -0.4 is 0 Å². The number of carbonyl (C=O) groups is 1. The van der Waals surface area contributed by atoms with Crippen LogP contribution in [-0.2, 0) is 19.3 Å². The van der Waals surface area contributed by atoms with E-state index in [1.54, 1.807) is 6.08 Å². The van der Waals surface area contributed by atoms with Gasteiger partial charge in [-0.1, -0.05) is 128 Å². The van der Waals surface area contributed by atoms with Gasteiger partial charge in [0, 0.05) is 0 Å². The summed E-state index contributed by atoms with van der Waals surface area (Å²) in [6, 6.07) is 0. The first kappa shape index (κ1) is 28.5. The molecule has 0 unspecified atom stereocenters. The van der Waals surface area contributed by atoms with Crippen LogP contribution in [0.25, 0.3) is 0 Å². The first-order valence-electron chi connectivity index (χ1n) is 13.2. The van der Waals surface area contributed by atoms with Gasteiger partial charge in [0.25, 0.3) is 0 Å². The number of hydrogen-bond acceptors (Lipinski definition) is 4. The van der Waals surface area contributed by atoms with E-state index in [0.717, 1.165) is 18.4 Å². The molecule has 1 heterocycles. The van der Waals surface area contributed by atoms with Gasteiger partial charge >= 0.3 is 5.97 Å². The molecule has 0 aliphatic carbocycles. The minimum atomic E-state index is -0.316. The van der Waals surface area contributed by atoms with Crippen molar-refractivity contribution in [2.24, 2.45) is 0 Å². The van der Waals surface area contributed by atoms with Gasteiger partial charge in [0.05, 0.1) is 0 Å². The van der Waals surface area contributed by atoms with Crippen LogP contribution in [0, 0.1) is 0 Å². The molecule has 1 aliphatic heterocycles. The van der Waals surface area contributed by atoms with Crippen molar-refractivity contribution in [3.8, 4) is 0 Å². The molecule has 0 amide bonds. The molecule has 0 radical (unpaired) electrons. The summed E-state index contributed by atoms with van der Waals surface area (Å²) in [6.07, 6.45) is 28.3. The monoisotopic (exact) mass is 448 g/mol. The SMILES string of the molecule is C=CCOC(=O)CC1=C(CCCCCCCCCCCCCCCCCC)C=CCOO1. The first-order chi connectivity index (χ1) is 15.8. The second-order valence-electron chi connectivity index (χ2n) is 8.92. The molecule has 0 saturated carbocycles. The summed E-state index contributed by atoms with van der Waals surface area (Å²) >= 11 is 0. The summed E-state index contributed by atoms with van der Waals surface area (Å²) in [7, 11) is 0. The van der Waals surface area contributed by atoms with E-state index in [0.29, 0.717) is 12.4 Å². The highest BCUT2D eigenvalue weighted by molar-refractivity contribution is 5.72. The Morgan fingerprint density at radius 2 is 1.44 bits per heavy atom. The summed E-state index contributed by atoms with van der Waals surface area (Å²) in [4.78, 5) is 22.3. The fourth-order valence-electron chi connectivity index (χ4n) is 4.04. The zero-order chi connectivity index (χ0) is 23.1. The van der Waals surface area contributed by atoms with E-state index < -0.39 is 0 Å². The van der Waals surface area contributed by atoms with Crippen LogP contribution in [0.3, 0.4) is 0 Å². The van der Waals surface area contributed by atoms with Crippen molar-refractivity contribution in [1.82, 2.24) is 0 Å². The second-order valence-corrected chi connectivity index (χ2v) is 8.92. The molecule has 1 aliphatic rings. The lowest BCUT2D eigenvalue weighted by Gasteiger charge is -2.10. The van der Waals surface area contributed by atoms with Gasteiger partial charge < -0.3 is 9.62 Å². The Morgan fingerprint density at radius 1 is 0.906 bits per heavy atom. The lowest BCUT2D eigenvalue weighted by molar-refractivity contribution is -0.254. The first-order valence-corrected chi connectivity index (χ1v) is 13.2. The minimum absolute atomic E-state index is 0.104. The Bertz CT molecular complexity index is 536. The smallest absolute Gasteiger partial charge is 0.313 e. The summed E-state index contributed by atoms with van der Waals surface area (Å²) in [5.41, 5.74) is 1.04. The van der Waals surface area contributed by atoms with Crippen molar-refractivity contribution in [1.29, 1.82) is 0 Å². The zero-order valence-corrected chi connectivity index (χ0v) is 20.7. The van der Waals surface area contributed by atoms with Crippen molar-refractivity contribution >= 4 is 5.97 Å². The average Bonchev–Trinajstić information content (AvgIpc) is 3.02. The molecule has 0 atom stereocenters. The molecule has 0 N–H and O–H groups in total. The van der Waals surface area contributed by atoms with Crippen LogP contribution in [0.4, 0.5) is 0 Å². The number of unbranched alkanes of at least 4 members (excludes halogenated alkanes) is 15. The number of allylic oxidation sites excluding steroid dienone is 2. The van der Waals surface area contributed by atoms with E-state index in [1.807, 2.05) is 12.2 Å². The van der Waals surface area contributed by atoms with E-state index in [9.17, 15) is 4.79 Å². The minimum Gasteiger partial charge on any atom is -0.461 e. The van der Waals surface area contributed by atoms with Crippen molar-refractivity contribution in [3.63, 3.8) is 0 Å². The Morgan fingerprint density at radius 3 is 1.97 bits per heavy atom. The number of esters is 1. The fraction of sp³-hybridized carbons (Fsp3) is 0.750. The van der Waals surface area contributed by atoms with Gasteiger partial charge in [-0.25, -0.2) is 0 Å². The number of rotatable bonds is 21. The van der Waals surface area contributed by atoms with Crippen LogP contribution >= 0.6 is 0 Å². The van der Waals surface area contributed by atoms with Gasteiger partial charge in [-0.15, -0.1) is 0 Å². The third-order valence-corrected chi connectivity index (χ3v) is 5.97. The molecule has 0 fully saturated rings. The molecule has 0 saturated heterocycles. The average molecular weight is 449 g/mol.